The SMILES string of the molecule is CCNC(=O)C(Cc1ccccc1)N(Cc1ccc(F)cc1)C(=O)CCCN(c1cc(C)cc(C)c1)S(C)(=O)=O. The van der Waals surface area contributed by atoms with Crippen molar-refractivity contribution in [3.63, 3.8) is 0 Å². The van der Waals surface area contributed by atoms with Crippen molar-refractivity contribution in [1.29, 1.82) is 0 Å². The van der Waals surface area contributed by atoms with E-state index in [0.29, 0.717) is 24.2 Å². The van der Waals surface area contributed by atoms with Gasteiger partial charge in [-0.25, -0.2) is 12.8 Å². The number of nitrogens with one attached hydrogen (secondary N) is 1. The fourth-order valence-electron chi connectivity index (χ4n) is 4.73. The van der Waals surface area contributed by atoms with Crippen LogP contribution in [0, 0.1) is 19.7 Å². The highest BCUT2D eigenvalue weighted by Gasteiger charge is 2.30. The molecule has 3 rings (SSSR count). The van der Waals surface area contributed by atoms with Crippen molar-refractivity contribution >= 4 is 27.5 Å². The summed E-state index contributed by atoms with van der Waals surface area (Å²) in [7, 11) is -3.59. The second-order valence-electron chi connectivity index (χ2n) is 10.0. The van der Waals surface area contributed by atoms with Gasteiger partial charge in [0, 0.05) is 32.5 Å². The molecule has 0 bridgehead atoms. The highest BCUT2D eigenvalue weighted by atomic mass is 32.2. The Hall–Kier alpha value is -3.72. The molecule has 0 aliphatic carbocycles. The van der Waals surface area contributed by atoms with Crippen LogP contribution < -0.4 is 9.62 Å². The number of nitrogens with zero attached hydrogens (tertiary/aromatic N) is 2. The van der Waals surface area contributed by atoms with E-state index in [0.717, 1.165) is 22.9 Å². The molecule has 0 aromatic heterocycles. The molecule has 0 fully saturated rings. The summed E-state index contributed by atoms with van der Waals surface area (Å²) >= 11 is 0. The molecule has 2 amide bonds. The molecule has 3 aromatic rings. The molecule has 1 N–H and O–H groups in total. The Balaban J connectivity index is 1.87. The maximum atomic E-state index is 13.7. The molecule has 7 nitrogen and oxygen atoms in total. The number of benzene rings is 3. The van der Waals surface area contributed by atoms with E-state index in [-0.39, 0.29) is 37.7 Å². The van der Waals surface area contributed by atoms with Gasteiger partial charge in [0.05, 0.1) is 11.9 Å². The second kappa shape index (κ2) is 14.1. The van der Waals surface area contributed by atoms with E-state index in [4.69, 9.17) is 0 Å². The molecule has 40 heavy (non-hydrogen) atoms. The van der Waals surface area contributed by atoms with Gasteiger partial charge in [-0.2, -0.15) is 0 Å². The van der Waals surface area contributed by atoms with Crippen LogP contribution in [0.2, 0.25) is 0 Å². The van der Waals surface area contributed by atoms with Crippen molar-refractivity contribution in [1.82, 2.24) is 10.2 Å². The Morgan fingerprint density at radius 2 is 1.55 bits per heavy atom. The molecular formula is C31H38FN3O4S. The van der Waals surface area contributed by atoms with Gasteiger partial charge in [0.1, 0.15) is 11.9 Å². The molecule has 3 aromatic carbocycles. The summed E-state index contributed by atoms with van der Waals surface area (Å²) in [6.07, 6.45) is 1.74. The van der Waals surface area contributed by atoms with E-state index in [1.807, 2.05) is 69.3 Å². The van der Waals surface area contributed by atoms with Crippen LogP contribution in [0.3, 0.4) is 0 Å². The Morgan fingerprint density at radius 3 is 2.12 bits per heavy atom. The largest absolute Gasteiger partial charge is 0.355 e. The number of rotatable bonds is 13. The normalized spacial score (nSPS) is 12.0. The third-order valence-electron chi connectivity index (χ3n) is 6.53. The number of aryl methyl sites for hydroxylation is 2. The third kappa shape index (κ3) is 8.91. The van der Waals surface area contributed by atoms with Crippen LogP contribution in [0.5, 0.6) is 0 Å². The first-order valence-corrected chi connectivity index (χ1v) is 15.2. The lowest BCUT2D eigenvalue weighted by Crippen LogP contribution is -2.50. The highest BCUT2D eigenvalue weighted by molar-refractivity contribution is 7.92. The van der Waals surface area contributed by atoms with E-state index in [2.05, 4.69) is 5.32 Å². The summed E-state index contributed by atoms with van der Waals surface area (Å²) in [6, 6.07) is 20.1. The molecule has 0 saturated carbocycles. The zero-order valence-electron chi connectivity index (χ0n) is 23.6. The monoisotopic (exact) mass is 567 g/mol. The summed E-state index contributed by atoms with van der Waals surface area (Å²) in [5, 5.41) is 2.84. The number of hydrogen-bond acceptors (Lipinski definition) is 4. The van der Waals surface area contributed by atoms with Crippen molar-refractivity contribution in [3.05, 3.63) is 101 Å². The number of halogens is 1. The zero-order chi connectivity index (χ0) is 29.3. The standard InChI is InChI=1S/C31H38FN3O4S/c1-5-33-31(37)29(21-25-10-7-6-8-11-25)34(22-26-13-15-27(32)16-14-26)30(36)12-9-17-35(40(4,38)39)28-19-23(2)18-24(3)20-28/h6-8,10-11,13-16,18-20,29H,5,9,12,17,21-22H2,1-4H3,(H,33,37). The number of sulfonamides is 1. The summed E-state index contributed by atoms with van der Waals surface area (Å²) in [4.78, 5) is 28.5. The van der Waals surface area contributed by atoms with Crippen LogP contribution in [-0.2, 0) is 32.6 Å². The quantitative estimate of drug-likeness (QED) is 0.323. The van der Waals surface area contributed by atoms with Crippen LogP contribution in [0.4, 0.5) is 10.1 Å². The Morgan fingerprint density at radius 1 is 0.925 bits per heavy atom. The van der Waals surface area contributed by atoms with Gasteiger partial charge in [0.15, 0.2) is 0 Å². The topological polar surface area (TPSA) is 86.8 Å². The van der Waals surface area contributed by atoms with Crippen molar-refractivity contribution in [2.75, 3.05) is 23.7 Å². The second-order valence-corrected chi connectivity index (χ2v) is 11.9. The summed E-state index contributed by atoms with van der Waals surface area (Å²) in [5.74, 6) is -0.960. The minimum absolute atomic E-state index is 0.0305. The molecule has 214 valence electrons. The Labute approximate surface area is 237 Å². The maximum Gasteiger partial charge on any atom is 0.243 e. The smallest absolute Gasteiger partial charge is 0.243 e. The summed E-state index contributed by atoms with van der Waals surface area (Å²) in [5.41, 5.74) is 4.02. The van der Waals surface area contributed by atoms with Crippen LogP contribution in [-0.4, -0.2) is 50.5 Å². The maximum absolute atomic E-state index is 13.7. The average molecular weight is 568 g/mol. The van der Waals surface area contributed by atoms with Gasteiger partial charge in [-0.05, 0) is 73.7 Å². The predicted octanol–water partition coefficient (Wildman–Crippen LogP) is 4.76. The van der Waals surface area contributed by atoms with Crippen molar-refractivity contribution < 1.29 is 22.4 Å². The molecule has 1 atom stereocenters. The van der Waals surface area contributed by atoms with E-state index in [1.54, 1.807) is 12.1 Å². The lowest BCUT2D eigenvalue weighted by Gasteiger charge is -2.32. The van der Waals surface area contributed by atoms with E-state index >= 15 is 0 Å². The van der Waals surface area contributed by atoms with Crippen molar-refractivity contribution in [2.24, 2.45) is 0 Å². The fourth-order valence-corrected chi connectivity index (χ4v) is 5.68. The Bertz CT molecular complexity index is 1380. The summed E-state index contributed by atoms with van der Waals surface area (Å²) < 4.78 is 40.2. The van der Waals surface area contributed by atoms with E-state index in [9.17, 15) is 22.4 Å². The number of carbonyl (C=O) groups is 2. The van der Waals surface area contributed by atoms with Gasteiger partial charge in [-0.15, -0.1) is 0 Å². The molecule has 0 aliphatic heterocycles. The summed E-state index contributed by atoms with van der Waals surface area (Å²) in [6.45, 7) is 6.26. The molecular weight excluding hydrogens is 529 g/mol. The minimum atomic E-state index is -3.59. The van der Waals surface area contributed by atoms with Crippen LogP contribution in [0.1, 0.15) is 42.0 Å². The van der Waals surface area contributed by atoms with Gasteiger partial charge in [-0.3, -0.25) is 13.9 Å². The number of amides is 2. The van der Waals surface area contributed by atoms with Crippen molar-refractivity contribution in [2.45, 2.75) is 52.6 Å². The first-order valence-electron chi connectivity index (χ1n) is 13.4. The van der Waals surface area contributed by atoms with E-state index < -0.39 is 21.9 Å². The zero-order valence-corrected chi connectivity index (χ0v) is 24.4. The van der Waals surface area contributed by atoms with Crippen molar-refractivity contribution in [3.8, 4) is 0 Å². The van der Waals surface area contributed by atoms with Gasteiger partial charge in [0.2, 0.25) is 21.8 Å². The molecule has 1 unspecified atom stereocenters. The minimum Gasteiger partial charge on any atom is -0.355 e. The average Bonchev–Trinajstić information content (AvgIpc) is 2.89. The van der Waals surface area contributed by atoms with Gasteiger partial charge in [0.25, 0.3) is 0 Å². The number of likely N-dealkylation sites (N-methyl/N-ethyl adjacent to an activating group) is 1. The van der Waals surface area contributed by atoms with Gasteiger partial charge < -0.3 is 10.2 Å². The fraction of sp³-hybridized carbons (Fsp3) is 0.355. The van der Waals surface area contributed by atoms with Gasteiger partial charge >= 0.3 is 0 Å². The molecule has 0 saturated heterocycles. The number of hydrogen-bond donors (Lipinski definition) is 1. The predicted molar refractivity (Wildman–Crippen MR) is 157 cm³/mol. The van der Waals surface area contributed by atoms with Crippen LogP contribution in [0.15, 0.2) is 72.8 Å². The molecule has 0 spiro atoms. The Kier molecular flexibility index (Phi) is 10.8. The van der Waals surface area contributed by atoms with Crippen LogP contribution >= 0.6 is 0 Å². The van der Waals surface area contributed by atoms with E-state index in [1.165, 1.54) is 21.3 Å². The highest BCUT2D eigenvalue weighted by Crippen LogP contribution is 2.23. The lowest BCUT2D eigenvalue weighted by molar-refractivity contribution is -0.141. The molecule has 0 radical (unpaired) electrons. The number of carbonyl (C=O) groups excluding carboxylic acids is 2. The first kappa shape index (κ1) is 30.8. The van der Waals surface area contributed by atoms with Gasteiger partial charge in [-0.1, -0.05) is 48.5 Å². The first-order chi connectivity index (χ1) is 19.0. The molecule has 9 heteroatoms. The molecule has 0 heterocycles. The third-order valence-corrected chi connectivity index (χ3v) is 7.73. The van der Waals surface area contributed by atoms with Crippen LogP contribution in [0.25, 0.3) is 0 Å². The molecule has 0 aliphatic rings. The lowest BCUT2D eigenvalue weighted by atomic mass is 10.0. The number of anilines is 1.